The number of rotatable bonds is 4. The second-order valence-electron chi connectivity index (χ2n) is 4.85. The second kappa shape index (κ2) is 5.28. The van der Waals surface area contributed by atoms with E-state index < -0.39 is 17.3 Å². The predicted molar refractivity (Wildman–Crippen MR) is 64.2 cm³/mol. The van der Waals surface area contributed by atoms with Crippen LogP contribution in [0.5, 0.6) is 0 Å². The zero-order chi connectivity index (χ0) is 14.0. The summed E-state index contributed by atoms with van der Waals surface area (Å²) in [6.45, 7) is 5.18. The molecule has 1 unspecified atom stereocenters. The largest absolute Gasteiger partial charge is 0.416 e. The zero-order valence-electron chi connectivity index (χ0n) is 10.7. The van der Waals surface area contributed by atoms with Crippen molar-refractivity contribution in [3.63, 3.8) is 0 Å². The molecule has 0 amide bonds. The minimum absolute atomic E-state index is 0.0672. The summed E-state index contributed by atoms with van der Waals surface area (Å²) in [7, 11) is 0. The number of hydrogen-bond donors (Lipinski definition) is 2. The summed E-state index contributed by atoms with van der Waals surface area (Å²) in [4.78, 5) is 0. The van der Waals surface area contributed by atoms with Crippen LogP contribution < -0.4 is 5.32 Å². The average molecular weight is 261 g/mol. The third kappa shape index (κ3) is 3.71. The van der Waals surface area contributed by atoms with Gasteiger partial charge in [-0.1, -0.05) is 32.0 Å². The number of halogens is 3. The molecule has 18 heavy (non-hydrogen) atoms. The standard InChI is InChI=1S/C13H18F3NO/c1-9(2)17-8-12(3,18)10-6-4-5-7-11(10)13(14,15)16/h4-7,9,17-18H,8H2,1-3H3. The molecule has 0 bridgehead atoms. The zero-order valence-corrected chi connectivity index (χ0v) is 10.7. The van der Waals surface area contributed by atoms with Gasteiger partial charge in [-0.05, 0) is 18.6 Å². The van der Waals surface area contributed by atoms with Crippen LogP contribution in [0.1, 0.15) is 31.9 Å². The van der Waals surface area contributed by atoms with Gasteiger partial charge in [0, 0.05) is 12.6 Å². The topological polar surface area (TPSA) is 32.3 Å². The molecule has 5 heteroatoms. The van der Waals surface area contributed by atoms with Crippen molar-refractivity contribution in [3.05, 3.63) is 35.4 Å². The van der Waals surface area contributed by atoms with Crippen molar-refractivity contribution in [2.75, 3.05) is 6.54 Å². The molecule has 0 saturated carbocycles. The van der Waals surface area contributed by atoms with E-state index in [9.17, 15) is 18.3 Å². The first kappa shape index (κ1) is 15.0. The molecule has 0 aliphatic carbocycles. The smallest absolute Gasteiger partial charge is 0.384 e. The lowest BCUT2D eigenvalue weighted by molar-refractivity contribution is -0.140. The molecule has 2 N–H and O–H groups in total. The fourth-order valence-corrected chi connectivity index (χ4v) is 1.70. The van der Waals surface area contributed by atoms with E-state index in [0.717, 1.165) is 6.07 Å². The van der Waals surface area contributed by atoms with Crippen LogP contribution in [0.3, 0.4) is 0 Å². The maximum atomic E-state index is 12.8. The summed E-state index contributed by atoms with van der Waals surface area (Å²) >= 11 is 0. The van der Waals surface area contributed by atoms with E-state index in [1.165, 1.54) is 25.1 Å². The number of benzene rings is 1. The van der Waals surface area contributed by atoms with Crippen molar-refractivity contribution in [1.29, 1.82) is 0 Å². The molecule has 0 aliphatic rings. The lowest BCUT2D eigenvalue weighted by atomic mass is 9.91. The third-order valence-electron chi connectivity index (χ3n) is 2.67. The molecule has 1 aromatic carbocycles. The Bertz CT molecular complexity index is 399. The van der Waals surface area contributed by atoms with Crippen molar-refractivity contribution in [2.45, 2.75) is 38.6 Å². The van der Waals surface area contributed by atoms with Crippen LogP contribution in [0.2, 0.25) is 0 Å². The SMILES string of the molecule is CC(C)NCC(C)(O)c1ccccc1C(F)(F)F. The summed E-state index contributed by atoms with van der Waals surface area (Å²) in [5, 5.41) is 13.2. The number of alkyl halides is 3. The maximum absolute atomic E-state index is 12.8. The van der Waals surface area contributed by atoms with Gasteiger partial charge in [0.2, 0.25) is 0 Å². The van der Waals surface area contributed by atoms with E-state index >= 15 is 0 Å². The lowest BCUT2D eigenvalue weighted by Crippen LogP contribution is -2.39. The van der Waals surface area contributed by atoms with E-state index in [4.69, 9.17) is 0 Å². The van der Waals surface area contributed by atoms with Crippen molar-refractivity contribution >= 4 is 0 Å². The molecular weight excluding hydrogens is 243 g/mol. The van der Waals surface area contributed by atoms with Crippen LogP contribution in [0.4, 0.5) is 13.2 Å². The van der Waals surface area contributed by atoms with Gasteiger partial charge in [-0.25, -0.2) is 0 Å². The molecule has 0 aliphatic heterocycles. The fraction of sp³-hybridized carbons (Fsp3) is 0.538. The third-order valence-corrected chi connectivity index (χ3v) is 2.67. The Hall–Kier alpha value is -1.07. The Balaban J connectivity index is 3.08. The molecule has 0 saturated heterocycles. The van der Waals surface area contributed by atoms with Gasteiger partial charge in [0.05, 0.1) is 11.2 Å². The van der Waals surface area contributed by atoms with Gasteiger partial charge < -0.3 is 10.4 Å². The molecule has 1 atom stereocenters. The highest BCUT2D eigenvalue weighted by atomic mass is 19.4. The highest BCUT2D eigenvalue weighted by Gasteiger charge is 2.38. The van der Waals surface area contributed by atoms with Crippen molar-refractivity contribution in [2.24, 2.45) is 0 Å². The Kier molecular flexibility index (Phi) is 4.40. The van der Waals surface area contributed by atoms with Gasteiger partial charge >= 0.3 is 6.18 Å². The van der Waals surface area contributed by atoms with Crippen LogP contribution in [0, 0.1) is 0 Å². The maximum Gasteiger partial charge on any atom is 0.416 e. The number of nitrogens with one attached hydrogen (secondary N) is 1. The van der Waals surface area contributed by atoms with E-state index in [1.807, 2.05) is 13.8 Å². The van der Waals surface area contributed by atoms with E-state index in [2.05, 4.69) is 5.32 Å². The fourth-order valence-electron chi connectivity index (χ4n) is 1.70. The summed E-state index contributed by atoms with van der Waals surface area (Å²) < 4.78 is 38.5. The molecule has 0 aromatic heterocycles. The first-order valence-electron chi connectivity index (χ1n) is 5.77. The highest BCUT2D eigenvalue weighted by Crippen LogP contribution is 2.36. The molecular formula is C13H18F3NO. The van der Waals surface area contributed by atoms with Crippen molar-refractivity contribution < 1.29 is 18.3 Å². The molecule has 1 aromatic rings. The van der Waals surface area contributed by atoms with Gasteiger partial charge in [-0.3, -0.25) is 0 Å². The molecule has 0 radical (unpaired) electrons. The van der Waals surface area contributed by atoms with Gasteiger partial charge in [0.25, 0.3) is 0 Å². The molecule has 0 spiro atoms. The normalized spacial score (nSPS) is 15.8. The van der Waals surface area contributed by atoms with Gasteiger partial charge in [0.1, 0.15) is 0 Å². The van der Waals surface area contributed by atoms with Gasteiger partial charge in [-0.15, -0.1) is 0 Å². The molecule has 102 valence electrons. The average Bonchev–Trinajstić information content (AvgIpc) is 2.25. The summed E-state index contributed by atoms with van der Waals surface area (Å²) in [6.07, 6.45) is -4.46. The van der Waals surface area contributed by atoms with Crippen LogP contribution in [-0.2, 0) is 11.8 Å². The van der Waals surface area contributed by atoms with Crippen molar-refractivity contribution in [1.82, 2.24) is 5.32 Å². The molecule has 1 rings (SSSR count). The summed E-state index contributed by atoms with van der Waals surface area (Å²) in [6, 6.07) is 5.20. The minimum Gasteiger partial charge on any atom is -0.384 e. The quantitative estimate of drug-likeness (QED) is 0.873. The molecule has 0 heterocycles. The Morgan fingerprint density at radius 2 is 1.67 bits per heavy atom. The van der Waals surface area contributed by atoms with Crippen LogP contribution in [-0.4, -0.2) is 17.7 Å². The van der Waals surface area contributed by atoms with Gasteiger partial charge in [0.15, 0.2) is 0 Å². The highest BCUT2D eigenvalue weighted by molar-refractivity contribution is 5.34. The van der Waals surface area contributed by atoms with Crippen LogP contribution in [0.25, 0.3) is 0 Å². The van der Waals surface area contributed by atoms with Crippen LogP contribution >= 0.6 is 0 Å². The predicted octanol–water partition coefficient (Wildman–Crippen LogP) is 2.91. The Morgan fingerprint density at radius 1 is 1.17 bits per heavy atom. The summed E-state index contributed by atoms with van der Waals surface area (Å²) in [5.41, 5.74) is -2.46. The molecule has 0 fully saturated rings. The Labute approximate surface area is 105 Å². The van der Waals surface area contributed by atoms with E-state index in [-0.39, 0.29) is 18.2 Å². The number of aliphatic hydroxyl groups is 1. The van der Waals surface area contributed by atoms with E-state index in [0.29, 0.717) is 0 Å². The molecule has 2 nitrogen and oxygen atoms in total. The first-order chi connectivity index (χ1) is 8.14. The Morgan fingerprint density at radius 3 is 2.11 bits per heavy atom. The lowest BCUT2D eigenvalue weighted by Gasteiger charge is -2.28. The van der Waals surface area contributed by atoms with Crippen LogP contribution in [0.15, 0.2) is 24.3 Å². The monoisotopic (exact) mass is 261 g/mol. The van der Waals surface area contributed by atoms with Gasteiger partial charge in [-0.2, -0.15) is 13.2 Å². The second-order valence-corrected chi connectivity index (χ2v) is 4.85. The van der Waals surface area contributed by atoms with Crippen molar-refractivity contribution in [3.8, 4) is 0 Å². The minimum atomic E-state index is -4.46. The summed E-state index contributed by atoms with van der Waals surface area (Å²) in [5.74, 6) is 0. The first-order valence-corrected chi connectivity index (χ1v) is 5.77. The van der Waals surface area contributed by atoms with E-state index in [1.54, 1.807) is 0 Å². The number of hydrogen-bond acceptors (Lipinski definition) is 2.